The molecule has 106 valence electrons. The molecule has 0 radical (unpaired) electrons. The van der Waals surface area contributed by atoms with Crippen molar-refractivity contribution < 1.29 is 14.3 Å². The average Bonchev–Trinajstić information content (AvgIpc) is 2.84. The lowest BCUT2D eigenvalue weighted by molar-refractivity contribution is 0.102. The van der Waals surface area contributed by atoms with Crippen LogP contribution in [0.4, 0.5) is 4.79 Å². The number of benzene rings is 1. The molecule has 0 fully saturated rings. The fraction of sp³-hybridized carbons (Fsp3) is 0.333. The molecule has 0 aliphatic rings. The molecule has 0 spiro atoms. The van der Waals surface area contributed by atoms with Gasteiger partial charge in [-0.15, -0.1) is 11.3 Å². The van der Waals surface area contributed by atoms with Crippen LogP contribution in [0.2, 0.25) is 0 Å². The number of rotatable bonds is 5. The summed E-state index contributed by atoms with van der Waals surface area (Å²) < 4.78 is 9.98. The fourth-order valence-corrected chi connectivity index (χ4v) is 2.83. The van der Waals surface area contributed by atoms with E-state index in [1.807, 2.05) is 30.3 Å². The van der Waals surface area contributed by atoms with Gasteiger partial charge in [0, 0.05) is 5.56 Å². The van der Waals surface area contributed by atoms with Crippen LogP contribution in [0.1, 0.15) is 25.1 Å². The van der Waals surface area contributed by atoms with E-state index in [0.29, 0.717) is 5.88 Å². The van der Waals surface area contributed by atoms with Crippen molar-refractivity contribution in [2.24, 2.45) is 0 Å². The third-order valence-electron chi connectivity index (χ3n) is 2.60. The monoisotopic (exact) mass is 291 g/mol. The van der Waals surface area contributed by atoms with Gasteiger partial charge in [0.2, 0.25) is 5.88 Å². The van der Waals surface area contributed by atoms with Crippen molar-refractivity contribution in [3.63, 3.8) is 0 Å². The van der Waals surface area contributed by atoms with Crippen molar-refractivity contribution in [3.05, 3.63) is 35.2 Å². The van der Waals surface area contributed by atoms with Gasteiger partial charge in [-0.05, 0) is 13.3 Å². The van der Waals surface area contributed by atoms with E-state index in [9.17, 15) is 4.79 Å². The van der Waals surface area contributed by atoms with E-state index in [4.69, 9.17) is 9.47 Å². The molecule has 0 aliphatic heterocycles. The lowest BCUT2D eigenvalue weighted by atomic mass is 10.2. The van der Waals surface area contributed by atoms with E-state index in [1.54, 1.807) is 18.3 Å². The molecule has 2 rings (SSSR count). The van der Waals surface area contributed by atoms with Crippen molar-refractivity contribution in [3.8, 4) is 16.5 Å². The molecule has 2 aromatic rings. The zero-order valence-corrected chi connectivity index (χ0v) is 12.4. The zero-order chi connectivity index (χ0) is 14.4. The Labute approximate surface area is 122 Å². The summed E-state index contributed by atoms with van der Waals surface area (Å²) in [5.74, 6) is 0.370. The third kappa shape index (κ3) is 3.57. The Morgan fingerprint density at radius 2 is 2.00 bits per heavy atom. The van der Waals surface area contributed by atoms with Crippen molar-refractivity contribution >= 4 is 17.5 Å². The number of carbonyl (C=O) groups excluding carboxylic acids is 1. The molecule has 0 amide bonds. The van der Waals surface area contributed by atoms with Gasteiger partial charge in [0.25, 0.3) is 0 Å². The maximum absolute atomic E-state index is 11.4. The topological polar surface area (TPSA) is 48.4 Å². The average molecular weight is 291 g/mol. The van der Waals surface area contributed by atoms with Gasteiger partial charge in [0.1, 0.15) is 5.01 Å². The Balaban J connectivity index is 2.26. The van der Waals surface area contributed by atoms with E-state index in [0.717, 1.165) is 28.3 Å². The summed E-state index contributed by atoms with van der Waals surface area (Å²) in [5.41, 5.74) is 1.02. The highest BCUT2D eigenvalue weighted by atomic mass is 32.1. The molecule has 0 saturated carbocycles. The summed E-state index contributed by atoms with van der Waals surface area (Å²) in [6, 6.07) is 9.86. The molecule has 0 saturated heterocycles. The van der Waals surface area contributed by atoms with Gasteiger partial charge in [-0.1, -0.05) is 43.7 Å². The zero-order valence-electron chi connectivity index (χ0n) is 11.6. The van der Waals surface area contributed by atoms with Crippen LogP contribution in [-0.2, 0) is 11.2 Å². The minimum absolute atomic E-state index is 0.289. The van der Waals surface area contributed by atoms with E-state index in [1.165, 1.54) is 0 Å². The Morgan fingerprint density at radius 3 is 2.65 bits per heavy atom. The standard InChI is InChI=1S/C15H17NO3S/c1-3-8-12-13(19-15(17)18-4-2)16-14(20-12)11-9-6-5-7-10-11/h5-7,9-10H,3-4,8H2,1-2H3. The Hall–Kier alpha value is -1.88. The lowest BCUT2D eigenvalue weighted by Crippen LogP contribution is -2.11. The SMILES string of the molecule is CCCc1sc(-c2ccccc2)nc1OC(=O)OCC. The lowest BCUT2D eigenvalue weighted by Gasteiger charge is -2.02. The number of nitrogens with zero attached hydrogens (tertiary/aromatic N) is 1. The first-order valence-electron chi connectivity index (χ1n) is 6.64. The molecule has 1 heterocycles. The van der Waals surface area contributed by atoms with Gasteiger partial charge in [0.15, 0.2) is 0 Å². The van der Waals surface area contributed by atoms with Crippen LogP contribution in [0.15, 0.2) is 30.3 Å². The van der Waals surface area contributed by atoms with E-state index < -0.39 is 6.16 Å². The Kier molecular flexibility index (Phi) is 5.12. The van der Waals surface area contributed by atoms with Crippen molar-refractivity contribution in [1.29, 1.82) is 0 Å². The normalized spacial score (nSPS) is 10.3. The number of carbonyl (C=O) groups is 1. The molecule has 0 N–H and O–H groups in total. The number of thiazole rings is 1. The number of hydrogen-bond donors (Lipinski definition) is 0. The van der Waals surface area contributed by atoms with Crippen LogP contribution in [0.3, 0.4) is 0 Å². The van der Waals surface area contributed by atoms with E-state index >= 15 is 0 Å². The van der Waals surface area contributed by atoms with Crippen molar-refractivity contribution in [2.75, 3.05) is 6.61 Å². The largest absolute Gasteiger partial charge is 0.515 e. The molecular weight excluding hydrogens is 274 g/mol. The molecule has 1 aromatic heterocycles. The highest BCUT2D eigenvalue weighted by molar-refractivity contribution is 7.15. The summed E-state index contributed by atoms with van der Waals surface area (Å²) in [6.07, 6.45) is 1.10. The van der Waals surface area contributed by atoms with Gasteiger partial charge < -0.3 is 9.47 Å². The minimum Gasteiger partial charge on any atom is -0.434 e. The van der Waals surface area contributed by atoms with Gasteiger partial charge in [-0.2, -0.15) is 0 Å². The van der Waals surface area contributed by atoms with Crippen LogP contribution in [-0.4, -0.2) is 17.7 Å². The molecule has 20 heavy (non-hydrogen) atoms. The summed E-state index contributed by atoms with van der Waals surface area (Å²) >= 11 is 1.55. The second kappa shape index (κ2) is 7.05. The summed E-state index contributed by atoms with van der Waals surface area (Å²) in [6.45, 7) is 4.11. The predicted octanol–water partition coefficient (Wildman–Crippen LogP) is 4.30. The number of aryl methyl sites for hydroxylation is 1. The Morgan fingerprint density at radius 1 is 1.25 bits per heavy atom. The van der Waals surface area contributed by atoms with E-state index in [-0.39, 0.29) is 6.61 Å². The first-order chi connectivity index (χ1) is 9.74. The van der Waals surface area contributed by atoms with Crippen LogP contribution < -0.4 is 4.74 Å². The summed E-state index contributed by atoms with van der Waals surface area (Å²) in [4.78, 5) is 16.8. The molecule has 5 heteroatoms. The molecule has 0 aliphatic carbocycles. The van der Waals surface area contributed by atoms with Crippen molar-refractivity contribution in [2.45, 2.75) is 26.7 Å². The van der Waals surface area contributed by atoms with Crippen LogP contribution in [0.5, 0.6) is 5.88 Å². The second-order valence-corrected chi connectivity index (χ2v) is 5.23. The highest BCUT2D eigenvalue weighted by Gasteiger charge is 2.16. The Bertz CT molecular complexity index is 566. The highest BCUT2D eigenvalue weighted by Crippen LogP contribution is 2.33. The molecule has 0 atom stereocenters. The molecule has 4 nitrogen and oxygen atoms in total. The molecular formula is C15H17NO3S. The third-order valence-corrected chi connectivity index (χ3v) is 3.75. The summed E-state index contributed by atoms with van der Waals surface area (Å²) in [7, 11) is 0. The van der Waals surface area contributed by atoms with Gasteiger partial charge >= 0.3 is 6.16 Å². The van der Waals surface area contributed by atoms with Crippen LogP contribution in [0.25, 0.3) is 10.6 Å². The number of hydrogen-bond acceptors (Lipinski definition) is 5. The minimum atomic E-state index is -0.699. The van der Waals surface area contributed by atoms with Gasteiger partial charge in [0.05, 0.1) is 11.5 Å². The molecule has 1 aromatic carbocycles. The first-order valence-corrected chi connectivity index (χ1v) is 7.46. The maximum atomic E-state index is 11.4. The van der Waals surface area contributed by atoms with Gasteiger partial charge in [-0.25, -0.2) is 9.78 Å². The second-order valence-electron chi connectivity index (χ2n) is 4.15. The predicted molar refractivity (Wildman–Crippen MR) is 79.2 cm³/mol. The van der Waals surface area contributed by atoms with Crippen molar-refractivity contribution in [1.82, 2.24) is 4.98 Å². The van der Waals surface area contributed by atoms with Gasteiger partial charge in [-0.3, -0.25) is 0 Å². The fourth-order valence-electron chi connectivity index (χ4n) is 1.73. The smallest absolute Gasteiger partial charge is 0.434 e. The maximum Gasteiger partial charge on any atom is 0.515 e. The van der Waals surface area contributed by atoms with E-state index in [2.05, 4.69) is 11.9 Å². The van der Waals surface area contributed by atoms with Crippen LogP contribution >= 0.6 is 11.3 Å². The molecule has 0 unspecified atom stereocenters. The first kappa shape index (κ1) is 14.5. The number of ether oxygens (including phenoxy) is 2. The van der Waals surface area contributed by atoms with Crippen LogP contribution in [0, 0.1) is 0 Å². The summed E-state index contributed by atoms with van der Waals surface area (Å²) in [5, 5.41) is 0.855. The molecule has 0 bridgehead atoms. The number of aromatic nitrogens is 1. The quantitative estimate of drug-likeness (QED) is 0.771.